The lowest BCUT2D eigenvalue weighted by molar-refractivity contribution is -0.115. The van der Waals surface area contributed by atoms with Crippen LogP contribution in [0.4, 0.5) is 5.13 Å². The van der Waals surface area contributed by atoms with Crippen molar-refractivity contribution in [3.8, 4) is 0 Å². The number of rotatable bonds is 7. The summed E-state index contributed by atoms with van der Waals surface area (Å²) in [5.41, 5.74) is 3.47. The van der Waals surface area contributed by atoms with E-state index in [2.05, 4.69) is 48.4 Å². The summed E-state index contributed by atoms with van der Waals surface area (Å²) >= 11 is 1.47. The topological polar surface area (TPSA) is 54.9 Å². The fraction of sp³-hybridized carbons (Fsp3) is 0.471. The highest BCUT2D eigenvalue weighted by atomic mass is 32.1. The van der Waals surface area contributed by atoms with Crippen LogP contribution in [0.15, 0.2) is 18.2 Å². The molecule has 0 saturated carbocycles. The zero-order valence-corrected chi connectivity index (χ0v) is 14.3. The second-order valence-electron chi connectivity index (χ2n) is 5.60. The van der Waals surface area contributed by atoms with Crippen molar-refractivity contribution in [1.29, 1.82) is 0 Å². The van der Waals surface area contributed by atoms with E-state index in [9.17, 15) is 4.79 Å². The number of amides is 1. The lowest BCUT2D eigenvalue weighted by Gasteiger charge is -2.05. The number of hydrogen-bond acceptors (Lipinski definition) is 4. The van der Waals surface area contributed by atoms with Crippen LogP contribution in [0.5, 0.6) is 0 Å². The summed E-state index contributed by atoms with van der Waals surface area (Å²) in [6.07, 6.45) is 4.83. The Morgan fingerprint density at radius 3 is 2.73 bits per heavy atom. The van der Waals surface area contributed by atoms with E-state index in [1.807, 2.05) is 6.07 Å². The first-order chi connectivity index (χ1) is 10.6. The van der Waals surface area contributed by atoms with Crippen molar-refractivity contribution in [2.45, 2.75) is 52.9 Å². The smallest absolute Gasteiger partial charge is 0.230 e. The Hall–Kier alpha value is -1.75. The molecule has 22 heavy (non-hydrogen) atoms. The molecule has 0 aliphatic carbocycles. The van der Waals surface area contributed by atoms with E-state index >= 15 is 0 Å². The zero-order valence-electron chi connectivity index (χ0n) is 13.5. The second kappa shape index (κ2) is 8.03. The summed E-state index contributed by atoms with van der Waals surface area (Å²) in [5, 5.41) is 12.6. The lowest BCUT2D eigenvalue weighted by atomic mass is 10.0. The molecular formula is C17H23N3OS. The van der Waals surface area contributed by atoms with Crippen molar-refractivity contribution in [1.82, 2.24) is 10.2 Å². The summed E-state index contributed by atoms with van der Waals surface area (Å²) < 4.78 is 0. The monoisotopic (exact) mass is 317 g/mol. The Labute approximate surface area is 136 Å². The van der Waals surface area contributed by atoms with Crippen LogP contribution in [0, 0.1) is 13.8 Å². The number of unbranched alkanes of at least 4 members (excludes halogenated alkanes) is 2. The van der Waals surface area contributed by atoms with Crippen molar-refractivity contribution in [2.24, 2.45) is 0 Å². The summed E-state index contributed by atoms with van der Waals surface area (Å²) in [4.78, 5) is 12.1. The van der Waals surface area contributed by atoms with Gasteiger partial charge in [-0.15, -0.1) is 10.2 Å². The maximum Gasteiger partial charge on any atom is 0.230 e. The highest BCUT2D eigenvalue weighted by Gasteiger charge is 2.09. The van der Waals surface area contributed by atoms with Gasteiger partial charge in [0.25, 0.3) is 0 Å². The average Bonchev–Trinajstić information content (AvgIpc) is 2.90. The van der Waals surface area contributed by atoms with Gasteiger partial charge in [0.15, 0.2) is 0 Å². The van der Waals surface area contributed by atoms with Gasteiger partial charge in [-0.25, -0.2) is 0 Å². The third-order valence-corrected chi connectivity index (χ3v) is 4.54. The maximum absolute atomic E-state index is 12.1. The molecule has 0 aliphatic rings. The summed E-state index contributed by atoms with van der Waals surface area (Å²) in [5.74, 6) is -0.0421. The molecule has 1 aromatic heterocycles. The molecule has 0 atom stereocenters. The quantitative estimate of drug-likeness (QED) is 0.783. The molecule has 0 fully saturated rings. The molecule has 118 valence electrons. The Bertz CT molecular complexity index is 637. The molecule has 1 heterocycles. The van der Waals surface area contributed by atoms with E-state index in [1.165, 1.54) is 35.3 Å². The van der Waals surface area contributed by atoms with Crippen LogP contribution < -0.4 is 5.32 Å². The molecule has 2 rings (SSSR count). The molecule has 1 amide bonds. The molecule has 1 aromatic carbocycles. The highest BCUT2D eigenvalue weighted by molar-refractivity contribution is 7.15. The normalized spacial score (nSPS) is 10.7. The summed E-state index contributed by atoms with van der Waals surface area (Å²) in [6.45, 7) is 6.31. The summed E-state index contributed by atoms with van der Waals surface area (Å²) in [6, 6.07) is 6.11. The van der Waals surface area contributed by atoms with Crippen LogP contribution in [0.2, 0.25) is 0 Å². The third kappa shape index (κ3) is 4.91. The largest absolute Gasteiger partial charge is 0.300 e. The Morgan fingerprint density at radius 1 is 1.18 bits per heavy atom. The minimum Gasteiger partial charge on any atom is -0.300 e. The van der Waals surface area contributed by atoms with Gasteiger partial charge in [-0.1, -0.05) is 49.3 Å². The first kappa shape index (κ1) is 16.6. The van der Waals surface area contributed by atoms with Crippen LogP contribution in [0.1, 0.15) is 47.9 Å². The number of carbonyl (C=O) groups excluding carboxylic acids is 1. The molecular weight excluding hydrogens is 294 g/mol. The van der Waals surface area contributed by atoms with E-state index in [1.54, 1.807) is 0 Å². The minimum atomic E-state index is -0.0421. The van der Waals surface area contributed by atoms with Crippen molar-refractivity contribution >= 4 is 22.4 Å². The van der Waals surface area contributed by atoms with Crippen LogP contribution in [0.3, 0.4) is 0 Å². The number of anilines is 1. The van der Waals surface area contributed by atoms with Crippen LogP contribution >= 0.6 is 11.3 Å². The van der Waals surface area contributed by atoms with Gasteiger partial charge in [0.05, 0.1) is 6.42 Å². The van der Waals surface area contributed by atoms with Gasteiger partial charge in [0.1, 0.15) is 5.01 Å². The van der Waals surface area contributed by atoms with Crippen molar-refractivity contribution in [3.05, 3.63) is 39.9 Å². The number of hydrogen-bond donors (Lipinski definition) is 1. The number of benzene rings is 1. The first-order valence-electron chi connectivity index (χ1n) is 7.77. The number of aryl methyl sites for hydroxylation is 3. The third-order valence-electron chi connectivity index (χ3n) is 3.64. The van der Waals surface area contributed by atoms with Crippen LogP contribution in [-0.2, 0) is 17.6 Å². The minimum absolute atomic E-state index is 0.0421. The SMILES string of the molecule is CCCCCc1nnc(NC(=O)Cc2ccc(C)c(C)c2)s1. The van der Waals surface area contributed by atoms with Crippen LogP contribution in [0.25, 0.3) is 0 Å². The van der Waals surface area contributed by atoms with Gasteiger partial charge in [-0.05, 0) is 37.0 Å². The van der Waals surface area contributed by atoms with Gasteiger partial charge in [0, 0.05) is 6.42 Å². The summed E-state index contributed by atoms with van der Waals surface area (Å²) in [7, 11) is 0. The van der Waals surface area contributed by atoms with E-state index in [4.69, 9.17) is 0 Å². The molecule has 0 saturated heterocycles. The standard InChI is InChI=1S/C17H23N3OS/c1-4-5-6-7-16-19-20-17(22-16)18-15(21)11-14-9-8-12(2)13(3)10-14/h8-10H,4-7,11H2,1-3H3,(H,18,20,21). The Balaban J connectivity index is 1.87. The van der Waals surface area contributed by atoms with Crippen LogP contribution in [-0.4, -0.2) is 16.1 Å². The number of carbonyl (C=O) groups is 1. The molecule has 2 aromatic rings. The lowest BCUT2D eigenvalue weighted by Crippen LogP contribution is -2.14. The average molecular weight is 317 g/mol. The van der Waals surface area contributed by atoms with Gasteiger partial charge in [-0.3, -0.25) is 4.79 Å². The van der Waals surface area contributed by atoms with Crippen molar-refractivity contribution < 1.29 is 4.79 Å². The number of aromatic nitrogens is 2. The molecule has 4 nitrogen and oxygen atoms in total. The molecule has 0 spiro atoms. The first-order valence-corrected chi connectivity index (χ1v) is 8.58. The molecule has 5 heteroatoms. The fourth-order valence-electron chi connectivity index (χ4n) is 2.19. The van der Waals surface area contributed by atoms with Gasteiger partial charge in [-0.2, -0.15) is 0 Å². The van der Waals surface area contributed by atoms with Crippen molar-refractivity contribution in [3.63, 3.8) is 0 Å². The molecule has 0 unspecified atom stereocenters. The molecule has 0 bridgehead atoms. The zero-order chi connectivity index (χ0) is 15.9. The predicted octanol–water partition coefficient (Wildman–Crippen LogP) is 4.07. The molecule has 0 aliphatic heterocycles. The van der Waals surface area contributed by atoms with E-state index in [-0.39, 0.29) is 5.91 Å². The van der Waals surface area contributed by atoms with Gasteiger partial charge >= 0.3 is 0 Å². The Morgan fingerprint density at radius 2 is 2.00 bits per heavy atom. The highest BCUT2D eigenvalue weighted by Crippen LogP contribution is 2.18. The predicted molar refractivity (Wildman–Crippen MR) is 91.4 cm³/mol. The van der Waals surface area contributed by atoms with Gasteiger partial charge in [0.2, 0.25) is 11.0 Å². The van der Waals surface area contributed by atoms with E-state index in [0.717, 1.165) is 23.4 Å². The van der Waals surface area contributed by atoms with E-state index in [0.29, 0.717) is 11.6 Å². The molecule has 1 N–H and O–H groups in total. The fourth-order valence-corrected chi connectivity index (χ4v) is 2.99. The number of nitrogens with one attached hydrogen (secondary N) is 1. The maximum atomic E-state index is 12.1. The van der Waals surface area contributed by atoms with Gasteiger partial charge < -0.3 is 5.32 Å². The molecule has 0 radical (unpaired) electrons. The van der Waals surface area contributed by atoms with Crippen molar-refractivity contribution in [2.75, 3.05) is 5.32 Å². The van der Waals surface area contributed by atoms with E-state index < -0.39 is 0 Å². The number of nitrogens with zero attached hydrogens (tertiary/aromatic N) is 2. The Kier molecular flexibility index (Phi) is 6.07. The second-order valence-corrected chi connectivity index (χ2v) is 6.66.